The quantitative estimate of drug-likeness (QED) is 0.520. The Kier molecular flexibility index (Phi) is 5.25. The molecular formula is C19H22N6O3. The lowest BCUT2D eigenvalue weighted by atomic mass is 10.1. The normalized spacial score (nSPS) is 10.9. The highest BCUT2D eigenvalue weighted by Crippen LogP contribution is 2.22. The van der Waals surface area contributed by atoms with Crippen LogP contribution in [0.3, 0.4) is 0 Å². The number of rotatable bonds is 6. The number of carbonyl (C=O) groups is 1. The van der Waals surface area contributed by atoms with Gasteiger partial charge in [0.1, 0.15) is 11.4 Å². The third-order valence-electron chi connectivity index (χ3n) is 4.73. The molecule has 0 fully saturated rings. The molecule has 2 aromatic heterocycles. The van der Waals surface area contributed by atoms with Crippen molar-refractivity contribution in [1.29, 1.82) is 0 Å². The standard InChI is InChI=1S/C19H22N6O3/c1-5-23-13(3)17(10-20-23)21-19(26)16-8-6-15(7-9-16)11-24-14(4)18(25(27)28)12(2)22-24/h6-10H,5,11H2,1-4H3,(H,21,26). The van der Waals surface area contributed by atoms with E-state index < -0.39 is 4.92 Å². The summed E-state index contributed by atoms with van der Waals surface area (Å²) in [7, 11) is 0. The second-order valence-electron chi connectivity index (χ2n) is 6.54. The van der Waals surface area contributed by atoms with E-state index in [0.29, 0.717) is 29.2 Å². The lowest BCUT2D eigenvalue weighted by Crippen LogP contribution is -2.13. The number of nitro groups is 1. The van der Waals surface area contributed by atoms with Crippen LogP contribution in [-0.4, -0.2) is 30.4 Å². The van der Waals surface area contributed by atoms with Crippen LogP contribution < -0.4 is 5.32 Å². The van der Waals surface area contributed by atoms with Crippen LogP contribution in [0.25, 0.3) is 0 Å². The lowest BCUT2D eigenvalue weighted by molar-refractivity contribution is -0.386. The maximum absolute atomic E-state index is 12.5. The van der Waals surface area contributed by atoms with Crippen molar-refractivity contribution in [1.82, 2.24) is 19.6 Å². The van der Waals surface area contributed by atoms with E-state index in [0.717, 1.165) is 17.8 Å². The number of hydrogen-bond acceptors (Lipinski definition) is 5. The number of nitrogens with one attached hydrogen (secondary N) is 1. The van der Waals surface area contributed by atoms with Gasteiger partial charge in [0.15, 0.2) is 0 Å². The van der Waals surface area contributed by atoms with Crippen molar-refractivity contribution in [3.8, 4) is 0 Å². The molecule has 0 radical (unpaired) electrons. The van der Waals surface area contributed by atoms with Crippen LogP contribution in [0.5, 0.6) is 0 Å². The van der Waals surface area contributed by atoms with Crippen LogP contribution in [-0.2, 0) is 13.1 Å². The summed E-state index contributed by atoms with van der Waals surface area (Å²) < 4.78 is 3.41. The SMILES string of the molecule is CCn1ncc(NC(=O)c2ccc(Cn3nc(C)c([N+](=O)[O-])c3C)cc2)c1C. The summed E-state index contributed by atoms with van der Waals surface area (Å²) in [6.45, 7) is 8.33. The molecule has 0 atom stereocenters. The summed E-state index contributed by atoms with van der Waals surface area (Å²) >= 11 is 0. The number of amides is 1. The van der Waals surface area contributed by atoms with Crippen LogP contribution in [0.15, 0.2) is 30.5 Å². The topological polar surface area (TPSA) is 108 Å². The Bertz CT molecular complexity index is 1030. The second-order valence-corrected chi connectivity index (χ2v) is 6.54. The molecule has 3 aromatic rings. The highest BCUT2D eigenvalue weighted by Gasteiger charge is 2.21. The van der Waals surface area contributed by atoms with Crippen LogP contribution in [0.1, 0.15) is 39.9 Å². The smallest absolute Gasteiger partial charge is 0.312 e. The summed E-state index contributed by atoms with van der Waals surface area (Å²) in [6, 6.07) is 7.09. The Morgan fingerprint density at radius 2 is 1.82 bits per heavy atom. The fourth-order valence-electron chi connectivity index (χ4n) is 3.12. The predicted molar refractivity (Wildman–Crippen MR) is 104 cm³/mol. The molecule has 28 heavy (non-hydrogen) atoms. The van der Waals surface area contributed by atoms with Gasteiger partial charge in [-0.1, -0.05) is 12.1 Å². The number of anilines is 1. The van der Waals surface area contributed by atoms with Gasteiger partial charge in [-0.25, -0.2) is 0 Å². The van der Waals surface area contributed by atoms with Crippen molar-refractivity contribution < 1.29 is 9.72 Å². The van der Waals surface area contributed by atoms with Gasteiger partial charge in [0.2, 0.25) is 0 Å². The molecule has 9 heteroatoms. The molecule has 0 saturated heterocycles. The molecule has 0 aliphatic heterocycles. The van der Waals surface area contributed by atoms with Crippen molar-refractivity contribution in [2.24, 2.45) is 0 Å². The second kappa shape index (κ2) is 7.63. The van der Waals surface area contributed by atoms with Crippen LogP contribution in [0, 0.1) is 30.9 Å². The summed E-state index contributed by atoms with van der Waals surface area (Å²) in [5.74, 6) is -0.216. The summed E-state index contributed by atoms with van der Waals surface area (Å²) in [4.78, 5) is 23.2. The highest BCUT2D eigenvalue weighted by atomic mass is 16.6. The van der Waals surface area contributed by atoms with Crippen molar-refractivity contribution in [2.45, 2.75) is 40.8 Å². The Balaban J connectivity index is 1.73. The van der Waals surface area contributed by atoms with Gasteiger partial charge in [-0.05, 0) is 45.4 Å². The van der Waals surface area contributed by atoms with Gasteiger partial charge in [-0.3, -0.25) is 24.3 Å². The number of aryl methyl sites for hydroxylation is 2. The van der Waals surface area contributed by atoms with E-state index in [1.807, 2.05) is 30.7 Å². The monoisotopic (exact) mass is 382 g/mol. The van der Waals surface area contributed by atoms with Crippen molar-refractivity contribution >= 4 is 17.3 Å². The van der Waals surface area contributed by atoms with Crippen LogP contribution in [0.4, 0.5) is 11.4 Å². The maximum Gasteiger partial charge on any atom is 0.312 e. The molecule has 3 rings (SSSR count). The molecule has 0 aliphatic carbocycles. The Morgan fingerprint density at radius 1 is 1.14 bits per heavy atom. The molecule has 146 valence electrons. The summed E-state index contributed by atoms with van der Waals surface area (Å²) in [5, 5.41) is 22.5. The molecule has 1 amide bonds. The third-order valence-corrected chi connectivity index (χ3v) is 4.73. The molecule has 0 spiro atoms. The fraction of sp³-hybridized carbons (Fsp3) is 0.316. The Labute approximate surface area is 162 Å². The van der Waals surface area contributed by atoms with Gasteiger partial charge in [0.25, 0.3) is 5.91 Å². The molecule has 1 aromatic carbocycles. The first-order valence-electron chi connectivity index (χ1n) is 8.93. The van der Waals surface area contributed by atoms with Crippen LogP contribution in [0.2, 0.25) is 0 Å². The van der Waals surface area contributed by atoms with E-state index in [4.69, 9.17) is 0 Å². The van der Waals surface area contributed by atoms with Gasteiger partial charge in [-0.2, -0.15) is 10.2 Å². The largest absolute Gasteiger partial charge is 0.319 e. The lowest BCUT2D eigenvalue weighted by Gasteiger charge is -2.07. The third kappa shape index (κ3) is 3.64. The van der Waals surface area contributed by atoms with E-state index in [-0.39, 0.29) is 11.6 Å². The molecule has 2 heterocycles. The van der Waals surface area contributed by atoms with E-state index in [1.165, 1.54) is 0 Å². The average Bonchev–Trinajstić information content (AvgIpc) is 3.14. The van der Waals surface area contributed by atoms with Crippen molar-refractivity contribution in [3.63, 3.8) is 0 Å². The van der Waals surface area contributed by atoms with Gasteiger partial charge in [0.05, 0.1) is 29.0 Å². The van der Waals surface area contributed by atoms with Crippen LogP contribution >= 0.6 is 0 Å². The van der Waals surface area contributed by atoms with Gasteiger partial charge in [0, 0.05) is 12.1 Å². The van der Waals surface area contributed by atoms with Gasteiger partial charge in [-0.15, -0.1) is 0 Å². The van der Waals surface area contributed by atoms with E-state index >= 15 is 0 Å². The minimum Gasteiger partial charge on any atom is -0.319 e. The highest BCUT2D eigenvalue weighted by molar-refractivity contribution is 6.04. The number of carbonyl (C=O) groups excluding carboxylic acids is 1. The molecule has 0 saturated carbocycles. The zero-order valence-electron chi connectivity index (χ0n) is 16.3. The summed E-state index contributed by atoms with van der Waals surface area (Å²) in [6.07, 6.45) is 1.64. The summed E-state index contributed by atoms with van der Waals surface area (Å²) in [5.41, 5.74) is 3.94. The van der Waals surface area contributed by atoms with Crippen molar-refractivity contribution in [2.75, 3.05) is 5.32 Å². The number of hydrogen-bond donors (Lipinski definition) is 1. The molecule has 0 aliphatic rings. The number of benzene rings is 1. The van der Waals surface area contributed by atoms with Gasteiger partial charge < -0.3 is 5.32 Å². The number of aromatic nitrogens is 4. The maximum atomic E-state index is 12.5. The molecule has 9 nitrogen and oxygen atoms in total. The predicted octanol–water partition coefficient (Wildman–Crippen LogP) is 3.23. The van der Waals surface area contributed by atoms with E-state index in [2.05, 4.69) is 15.5 Å². The minimum absolute atomic E-state index is 0.0407. The Morgan fingerprint density at radius 3 is 2.36 bits per heavy atom. The van der Waals surface area contributed by atoms with Gasteiger partial charge >= 0.3 is 5.69 Å². The number of nitrogens with zero attached hydrogens (tertiary/aromatic N) is 5. The first kappa shape index (κ1) is 19.3. The molecule has 0 bridgehead atoms. The van der Waals surface area contributed by atoms with E-state index in [9.17, 15) is 14.9 Å². The average molecular weight is 382 g/mol. The Hall–Kier alpha value is -3.49. The zero-order valence-corrected chi connectivity index (χ0v) is 16.3. The molecule has 1 N–H and O–H groups in total. The first-order valence-corrected chi connectivity index (χ1v) is 8.93. The zero-order chi connectivity index (χ0) is 20.4. The first-order chi connectivity index (χ1) is 13.3. The minimum atomic E-state index is -0.412. The van der Waals surface area contributed by atoms with Crippen molar-refractivity contribution in [3.05, 3.63) is 68.8 Å². The van der Waals surface area contributed by atoms with E-state index in [1.54, 1.807) is 36.9 Å². The molecule has 0 unspecified atom stereocenters. The fourth-order valence-corrected chi connectivity index (χ4v) is 3.12. The molecular weight excluding hydrogens is 360 g/mol.